The molecule has 1 aromatic rings. The monoisotopic (exact) mass is 328 g/mol. The van der Waals surface area contributed by atoms with Crippen LogP contribution in [0.15, 0.2) is 24.3 Å². The van der Waals surface area contributed by atoms with E-state index < -0.39 is 0 Å². The van der Waals surface area contributed by atoms with Crippen molar-refractivity contribution in [2.24, 2.45) is 11.8 Å². The number of benzene rings is 1. The molecule has 2 atom stereocenters. The minimum atomic E-state index is 0.0585. The van der Waals surface area contributed by atoms with Gasteiger partial charge in [0.05, 0.1) is 0 Å². The molecular weight excluding hydrogens is 300 g/mol. The Labute approximate surface area is 144 Å². The Kier molecular flexibility index (Phi) is 5.22. The number of carbonyl (C=O) groups is 2. The van der Waals surface area contributed by atoms with Crippen molar-refractivity contribution in [2.75, 3.05) is 26.2 Å². The summed E-state index contributed by atoms with van der Waals surface area (Å²) in [5, 5.41) is 0. The number of hydrogen-bond acceptors (Lipinski definition) is 2. The lowest BCUT2D eigenvalue weighted by atomic mass is 9.98. The zero-order valence-electron chi connectivity index (χ0n) is 14.8. The van der Waals surface area contributed by atoms with Crippen molar-refractivity contribution >= 4 is 11.8 Å². The smallest absolute Gasteiger partial charge is 0.253 e. The molecule has 0 aliphatic carbocycles. The zero-order chi connectivity index (χ0) is 17.1. The normalized spacial score (nSPS) is 24.8. The average molecular weight is 328 g/mol. The van der Waals surface area contributed by atoms with Gasteiger partial charge >= 0.3 is 0 Å². The van der Waals surface area contributed by atoms with Crippen LogP contribution in [0.5, 0.6) is 0 Å². The van der Waals surface area contributed by atoms with Crippen molar-refractivity contribution < 1.29 is 9.59 Å². The first-order chi connectivity index (χ1) is 11.5. The molecule has 4 heteroatoms. The average Bonchev–Trinajstić information content (AvgIpc) is 2.60. The van der Waals surface area contributed by atoms with Crippen molar-refractivity contribution in [3.05, 3.63) is 35.4 Å². The van der Waals surface area contributed by atoms with E-state index in [4.69, 9.17) is 0 Å². The predicted molar refractivity (Wildman–Crippen MR) is 95.0 cm³/mol. The lowest BCUT2D eigenvalue weighted by molar-refractivity contribution is 0.0680. The Hall–Kier alpha value is -1.84. The SMILES string of the molecule is C[C@H]1CCCN(C(=O)c2cccc(C(=O)N3CCC[C@H](C)C3)c2)C1. The quantitative estimate of drug-likeness (QED) is 0.834. The van der Waals surface area contributed by atoms with Crippen LogP contribution in [0.4, 0.5) is 0 Å². The number of likely N-dealkylation sites (tertiary alicyclic amines) is 2. The summed E-state index contributed by atoms with van der Waals surface area (Å²) in [6.07, 6.45) is 4.51. The molecular formula is C20H28N2O2. The number of rotatable bonds is 2. The van der Waals surface area contributed by atoms with Gasteiger partial charge in [0.1, 0.15) is 0 Å². The van der Waals surface area contributed by atoms with Gasteiger partial charge < -0.3 is 9.80 Å². The fourth-order valence-electron chi connectivity index (χ4n) is 3.90. The molecule has 0 aromatic heterocycles. The Bertz CT molecular complexity index is 564. The van der Waals surface area contributed by atoms with E-state index in [1.165, 1.54) is 12.8 Å². The van der Waals surface area contributed by atoms with Crippen LogP contribution >= 0.6 is 0 Å². The number of nitrogens with zero attached hydrogens (tertiary/aromatic N) is 2. The summed E-state index contributed by atoms with van der Waals surface area (Å²) in [6, 6.07) is 7.28. The van der Waals surface area contributed by atoms with Crippen molar-refractivity contribution in [3.8, 4) is 0 Å². The number of carbonyl (C=O) groups excluding carboxylic acids is 2. The Morgan fingerprint density at radius 3 is 1.75 bits per heavy atom. The second-order valence-corrected chi connectivity index (χ2v) is 7.58. The van der Waals surface area contributed by atoms with Crippen LogP contribution in [0.2, 0.25) is 0 Å². The van der Waals surface area contributed by atoms with Crippen LogP contribution in [0.3, 0.4) is 0 Å². The van der Waals surface area contributed by atoms with E-state index in [-0.39, 0.29) is 11.8 Å². The van der Waals surface area contributed by atoms with Gasteiger partial charge in [-0.25, -0.2) is 0 Å². The van der Waals surface area contributed by atoms with E-state index in [0.29, 0.717) is 23.0 Å². The number of hydrogen-bond donors (Lipinski definition) is 0. The molecule has 0 spiro atoms. The summed E-state index contributed by atoms with van der Waals surface area (Å²) < 4.78 is 0. The molecule has 0 unspecified atom stereocenters. The Balaban J connectivity index is 1.73. The third kappa shape index (κ3) is 3.80. The molecule has 0 radical (unpaired) electrons. The van der Waals surface area contributed by atoms with E-state index in [0.717, 1.165) is 39.0 Å². The van der Waals surface area contributed by atoms with E-state index in [9.17, 15) is 9.59 Å². The first-order valence-electron chi connectivity index (χ1n) is 9.23. The van der Waals surface area contributed by atoms with Gasteiger partial charge in [-0.1, -0.05) is 19.9 Å². The minimum Gasteiger partial charge on any atom is -0.338 e. The molecule has 1 aromatic carbocycles. The number of amides is 2. The maximum atomic E-state index is 12.7. The van der Waals surface area contributed by atoms with Crippen LogP contribution in [0, 0.1) is 11.8 Å². The highest BCUT2D eigenvalue weighted by atomic mass is 16.2. The van der Waals surface area contributed by atoms with E-state index in [2.05, 4.69) is 13.8 Å². The molecule has 2 fully saturated rings. The molecule has 24 heavy (non-hydrogen) atoms. The molecule has 3 rings (SSSR count). The van der Waals surface area contributed by atoms with Gasteiger partial charge in [0.2, 0.25) is 0 Å². The lowest BCUT2D eigenvalue weighted by Gasteiger charge is -2.32. The van der Waals surface area contributed by atoms with Gasteiger partial charge in [-0.2, -0.15) is 0 Å². The lowest BCUT2D eigenvalue weighted by Crippen LogP contribution is -2.40. The fraction of sp³-hybridized carbons (Fsp3) is 0.600. The van der Waals surface area contributed by atoms with Gasteiger partial charge in [0.15, 0.2) is 0 Å². The van der Waals surface area contributed by atoms with E-state index >= 15 is 0 Å². The largest absolute Gasteiger partial charge is 0.338 e. The molecule has 4 nitrogen and oxygen atoms in total. The predicted octanol–water partition coefficient (Wildman–Crippen LogP) is 3.43. The highest BCUT2D eigenvalue weighted by Crippen LogP contribution is 2.21. The summed E-state index contributed by atoms with van der Waals surface area (Å²) >= 11 is 0. The van der Waals surface area contributed by atoms with Crippen LogP contribution in [-0.4, -0.2) is 47.8 Å². The highest BCUT2D eigenvalue weighted by molar-refractivity contribution is 5.99. The number of piperidine rings is 2. The van der Waals surface area contributed by atoms with E-state index in [1.807, 2.05) is 28.0 Å². The molecule has 0 saturated carbocycles. The maximum Gasteiger partial charge on any atom is 0.253 e. The van der Waals surface area contributed by atoms with Crippen LogP contribution < -0.4 is 0 Å². The van der Waals surface area contributed by atoms with Crippen molar-refractivity contribution in [1.29, 1.82) is 0 Å². The van der Waals surface area contributed by atoms with Gasteiger partial charge in [0, 0.05) is 37.3 Å². The molecule has 2 saturated heterocycles. The molecule has 0 bridgehead atoms. The Morgan fingerprint density at radius 1 is 0.875 bits per heavy atom. The fourth-order valence-corrected chi connectivity index (χ4v) is 3.90. The molecule has 0 N–H and O–H groups in total. The summed E-state index contributed by atoms with van der Waals surface area (Å²) in [5.74, 6) is 1.23. The summed E-state index contributed by atoms with van der Waals surface area (Å²) in [4.78, 5) is 29.4. The molecule has 2 amide bonds. The van der Waals surface area contributed by atoms with Crippen molar-refractivity contribution in [3.63, 3.8) is 0 Å². The summed E-state index contributed by atoms with van der Waals surface area (Å²) in [6.45, 7) is 7.67. The maximum absolute atomic E-state index is 12.7. The zero-order valence-corrected chi connectivity index (χ0v) is 14.8. The third-order valence-corrected chi connectivity index (χ3v) is 5.24. The molecule has 2 heterocycles. The second kappa shape index (κ2) is 7.37. The summed E-state index contributed by atoms with van der Waals surface area (Å²) in [5.41, 5.74) is 1.28. The van der Waals surface area contributed by atoms with Crippen LogP contribution in [-0.2, 0) is 0 Å². The molecule has 130 valence electrons. The highest BCUT2D eigenvalue weighted by Gasteiger charge is 2.25. The first kappa shape index (κ1) is 17.0. The van der Waals surface area contributed by atoms with Crippen LogP contribution in [0.25, 0.3) is 0 Å². The minimum absolute atomic E-state index is 0.0585. The van der Waals surface area contributed by atoms with Crippen LogP contribution in [0.1, 0.15) is 60.2 Å². The van der Waals surface area contributed by atoms with Crippen molar-refractivity contribution in [1.82, 2.24) is 9.80 Å². The Morgan fingerprint density at radius 2 is 1.33 bits per heavy atom. The summed E-state index contributed by atoms with van der Waals surface area (Å²) in [7, 11) is 0. The van der Waals surface area contributed by atoms with Gasteiger partial charge in [-0.05, 0) is 55.7 Å². The van der Waals surface area contributed by atoms with Gasteiger partial charge in [-0.15, -0.1) is 0 Å². The molecule has 2 aliphatic heterocycles. The van der Waals surface area contributed by atoms with E-state index in [1.54, 1.807) is 6.07 Å². The topological polar surface area (TPSA) is 40.6 Å². The first-order valence-corrected chi connectivity index (χ1v) is 9.23. The molecule has 2 aliphatic rings. The third-order valence-electron chi connectivity index (χ3n) is 5.24. The van der Waals surface area contributed by atoms with Gasteiger partial charge in [0.25, 0.3) is 11.8 Å². The standard InChI is InChI=1S/C20H28N2O2/c1-15-6-4-10-21(13-15)19(23)17-8-3-9-18(12-17)20(24)22-11-5-7-16(2)14-22/h3,8-9,12,15-16H,4-7,10-11,13-14H2,1-2H3/t15-,16-/m0/s1. The second-order valence-electron chi connectivity index (χ2n) is 7.58. The van der Waals surface area contributed by atoms with Crippen molar-refractivity contribution in [2.45, 2.75) is 39.5 Å². The van der Waals surface area contributed by atoms with Gasteiger partial charge in [-0.3, -0.25) is 9.59 Å².